The maximum Gasteiger partial charge on any atom is 0.153 e. The van der Waals surface area contributed by atoms with E-state index in [0.717, 1.165) is 31.0 Å². The number of hydrogen-bond donors (Lipinski definition) is 1. The lowest BCUT2D eigenvalue weighted by Crippen LogP contribution is -2.41. The molecule has 0 aromatic carbocycles. The molecule has 0 bridgehead atoms. The average molecular weight is 300 g/mol. The molecule has 6 nitrogen and oxygen atoms in total. The Morgan fingerprint density at radius 3 is 2.55 bits per heavy atom. The standard InChI is InChI=1S/C13H24N4O2S/c1-4-5-14-10-12-11(2)15-16(3)13(12)17-6-8-20(18,19)9-7-17/h14H,4-10H2,1-3H3. The lowest BCUT2D eigenvalue weighted by atomic mass is 10.2. The van der Waals surface area contributed by atoms with Gasteiger partial charge in [0.25, 0.3) is 0 Å². The van der Waals surface area contributed by atoms with Crippen LogP contribution in [0.4, 0.5) is 5.82 Å². The number of nitrogens with zero attached hydrogens (tertiary/aromatic N) is 3. The van der Waals surface area contributed by atoms with Crippen molar-refractivity contribution in [3.05, 3.63) is 11.3 Å². The minimum atomic E-state index is -2.85. The van der Waals surface area contributed by atoms with Gasteiger partial charge >= 0.3 is 0 Å². The molecule has 1 aromatic heterocycles. The SMILES string of the molecule is CCCNCc1c(C)nn(C)c1N1CCS(=O)(=O)CC1. The summed E-state index contributed by atoms with van der Waals surface area (Å²) in [5.74, 6) is 1.53. The van der Waals surface area contributed by atoms with Crippen LogP contribution < -0.4 is 10.2 Å². The Morgan fingerprint density at radius 1 is 1.30 bits per heavy atom. The van der Waals surface area contributed by atoms with Gasteiger partial charge in [-0.3, -0.25) is 4.68 Å². The number of nitrogens with one attached hydrogen (secondary N) is 1. The number of aryl methyl sites for hydroxylation is 2. The van der Waals surface area contributed by atoms with Gasteiger partial charge in [0.2, 0.25) is 0 Å². The number of hydrogen-bond acceptors (Lipinski definition) is 5. The van der Waals surface area contributed by atoms with E-state index in [1.165, 1.54) is 5.56 Å². The Morgan fingerprint density at radius 2 is 1.95 bits per heavy atom. The lowest BCUT2D eigenvalue weighted by molar-refractivity contribution is 0.583. The maximum absolute atomic E-state index is 11.6. The average Bonchev–Trinajstić information content (AvgIpc) is 2.65. The van der Waals surface area contributed by atoms with Gasteiger partial charge in [0.15, 0.2) is 9.84 Å². The van der Waals surface area contributed by atoms with Gasteiger partial charge in [0.1, 0.15) is 5.82 Å². The molecule has 0 amide bonds. The molecule has 20 heavy (non-hydrogen) atoms. The molecule has 7 heteroatoms. The first-order chi connectivity index (χ1) is 9.44. The fourth-order valence-electron chi connectivity index (χ4n) is 2.61. The molecule has 1 aromatic rings. The van der Waals surface area contributed by atoms with Crippen molar-refractivity contribution < 1.29 is 8.42 Å². The highest BCUT2D eigenvalue weighted by atomic mass is 32.2. The van der Waals surface area contributed by atoms with Crippen molar-refractivity contribution in [2.75, 3.05) is 36.0 Å². The van der Waals surface area contributed by atoms with Crippen LogP contribution in [-0.2, 0) is 23.4 Å². The molecule has 0 saturated carbocycles. The number of rotatable bonds is 5. The van der Waals surface area contributed by atoms with Gasteiger partial charge in [-0.15, -0.1) is 0 Å². The van der Waals surface area contributed by atoms with Crippen LogP contribution in [0.2, 0.25) is 0 Å². The molecule has 2 heterocycles. The van der Waals surface area contributed by atoms with E-state index in [4.69, 9.17) is 0 Å². The molecular formula is C13H24N4O2S. The largest absolute Gasteiger partial charge is 0.355 e. The van der Waals surface area contributed by atoms with Gasteiger partial charge in [-0.25, -0.2) is 8.42 Å². The molecule has 1 aliphatic heterocycles. The van der Waals surface area contributed by atoms with Gasteiger partial charge in [0.05, 0.1) is 17.2 Å². The summed E-state index contributed by atoms with van der Waals surface area (Å²) in [7, 11) is -0.925. The summed E-state index contributed by atoms with van der Waals surface area (Å²) in [6, 6.07) is 0. The van der Waals surface area contributed by atoms with Crippen molar-refractivity contribution in [2.24, 2.45) is 7.05 Å². The number of aromatic nitrogens is 2. The lowest BCUT2D eigenvalue weighted by Gasteiger charge is -2.29. The minimum Gasteiger partial charge on any atom is -0.355 e. The fourth-order valence-corrected chi connectivity index (χ4v) is 3.81. The second-order valence-electron chi connectivity index (χ2n) is 5.33. The molecular weight excluding hydrogens is 276 g/mol. The van der Waals surface area contributed by atoms with E-state index in [1.54, 1.807) is 0 Å². The molecule has 0 aliphatic carbocycles. The predicted octanol–water partition coefficient (Wildman–Crippen LogP) is 0.463. The summed E-state index contributed by atoms with van der Waals surface area (Å²) in [5.41, 5.74) is 2.19. The second kappa shape index (κ2) is 6.13. The third-order valence-electron chi connectivity index (χ3n) is 3.69. The quantitative estimate of drug-likeness (QED) is 0.800. The monoisotopic (exact) mass is 300 g/mol. The van der Waals surface area contributed by atoms with Crippen molar-refractivity contribution in [1.29, 1.82) is 0 Å². The van der Waals surface area contributed by atoms with E-state index in [2.05, 4.69) is 22.2 Å². The molecule has 0 radical (unpaired) electrons. The smallest absolute Gasteiger partial charge is 0.153 e. The second-order valence-corrected chi connectivity index (χ2v) is 7.63. The van der Waals surface area contributed by atoms with Crippen LogP contribution in [0.25, 0.3) is 0 Å². The summed E-state index contributed by atoms with van der Waals surface area (Å²) < 4.78 is 25.0. The molecule has 1 aliphatic rings. The highest BCUT2D eigenvalue weighted by Gasteiger charge is 2.26. The van der Waals surface area contributed by atoms with Crippen LogP contribution >= 0.6 is 0 Å². The van der Waals surface area contributed by atoms with Crippen LogP contribution in [0, 0.1) is 6.92 Å². The van der Waals surface area contributed by atoms with Crippen LogP contribution in [-0.4, -0.2) is 49.3 Å². The van der Waals surface area contributed by atoms with Gasteiger partial charge in [-0.2, -0.15) is 5.10 Å². The van der Waals surface area contributed by atoms with Crippen molar-refractivity contribution >= 4 is 15.7 Å². The first-order valence-electron chi connectivity index (χ1n) is 7.13. The third kappa shape index (κ3) is 3.32. The molecule has 2 rings (SSSR count). The molecule has 0 unspecified atom stereocenters. The van der Waals surface area contributed by atoms with Crippen molar-refractivity contribution in [1.82, 2.24) is 15.1 Å². The van der Waals surface area contributed by atoms with Crippen LogP contribution in [0.1, 0.15) is 24.6 Å². The van der Waals surface area contributed by atoms with Crippen LogP contribution in [0.5, 0.6) is 0 Å². The zero-order chi connectivity index (χ0) is 14.8. The topological polar surface area (TPSA) is 67.2 Å². The van der Waals surface area contributed by atoms with Crippen LogP contribution in [0.15, 0.2) is 0 Å². The first kappa shape index (κ1) is 15.3. The molecule has 1 fully saturated rings. The van der Waals surface area contributed by atoms with Gasteiger partial charge in [-0.1, -0.05) is 6.92 Å². The molecule has 0 atom stereocenters. The Labute approximate surface area is 121 Å². The normalized spacial score (nSPS) is 18.4. The summed E-state index contributed by atoms with van der Waals surface area (Å²) >= 11 is 0. The molecule has 114 valence electrons. The van der Waals surface area contributed by atoms with Gasteiger partial charge < -0.3 is 10.2 Å². The Kier molecular flexibility index (Phi) is 4.70. The predicted molar refractivity (Wildman–Crippen MR) is 80.8 cm³/mol. The summed E-state index contributed by atoms with van der Waals surface area (Å²) in [6.07, 6.45) is 1.09. The summed E-state index contributed by atoms with van der Waals surface area (Å²) in [4.78, 5) is 2.14. The third-order valence-corrected chi connectivity index (χ3v) is 5.29. The maximum atomic E-state index is 11.6. The van der Waals surface area contributed by atoms with Crippen LogP contribution in [0.3, 0.4) is 0 Å². The summed E-state index contributed by atoms with van der Waals surface area (Å²) in [6.45, 7) is 7.02. The van der Waals surface area contributed by atoms with Crippen molar-refractivity contribution in [3.63, 3.8) is 0 Å². The highest BCUT2D eigenvalue weighted by molar-refractivity contribution is 7.91. The van der Waals surface area contributed by atoms with Crippen molar-refractivity contribution in [2.45, 2.75) is 26.8 Å². The number of sulfone groups is 1. The zero-order valence-electron chi connectivity index (χ0n) is 12.5. The van der Waals surface area contributed by atoms with Gasteiger partial charge in [-0.05, 0) is 19.9 Å². The first-order valence-corrected chi connectivity index (χ1v) is 8.95. The number of anilines is 1. The summed E-state index contributed by atoms with van der Waals surface area (Å²) in [5, 5.41) is 7.89. The van der Waals surface area contributed by atoms with E-state index >= 15 is 0 Å². The van der Waals surface area contributed by atoms with E-state index in [-0.39, 0.29) is 11.5 Å². The molecule has 0 spiro atoms. The Hall–Kier alpha value is -1.08. The minimum absolute atomic E-state index is 0.235. The highest BCUT2D eigenvalue weighted by Crippen LogP contribution is 2.24. The van der Waals surface area contributed by atoms with E-state index < -0.39 is 9.84 Å². The molecule has 1 N–H and O–H groups in total. The van der Waals surface area contributed by atoms with E-state index in [9.17, 15) is 8.42 Å². The Balaban J connectivity index is 2.18. The van der Waals surface area contributed by atoms with Gasteiger partial charge in [0, 0.05) is 32.2 Å². The molecule has 1 saturated heterocycles. The zero-order valence-corrected chi connectivity index (χ0v) is 13.3. The Bertz CT molecular complexity index is 551. The van der Waals surface area contributed by atoms with E-state index in [0.29, 0.717) is 13.1 Å². The van der Waals surface area contributed by atoms with E-state index in [1.807, 2.05) is 18.7 Å². The van der Waals surface area contributed by atoms with Crippen molar-refractivity contribution in [3.8, 4) is 0 Å². The fraction of sp³-hybridized carbons (Fsp3) is 0.769.